The first-order valence-electron chi connectivity index (χ1n) is 9.46. The molecule has 3 aromatic carbocycles. The summed E-state index contributed by atoms with van der Waals surface area (Å²) in [6, 6.07) is 20.0. The number of imide groups is 1. The number of nitrogens with zero attached hydrogens (tertiary/aromatic N) is 2. The van der Waals surface area contributed by atoms with Crippen LogP contribution in [0.15, 0.2) is 79.0 Å². The second-order valence-corrected chi connectivity index (χ2v) is 7.45. The molecule has 0 fully saturated rings. The Morgan fingerprint density at radius 2 is 1.55 bits per heavy atom. The lowest BCUT2D eigenvalue weighted by molar-refractivity contribution is 0.0925. The summed E-state index contributed by atoms with van der Waals surface area (Å²) in [6.07, 6.45) is 1.60. The van der Waals surface area contributed by atoms with Crippen molar-refractivity contribution < 1.29 is 14.4 Å². The van der Waals surface area contributed by atoms with Gasteiger partial charge < -0.3 is 5.32 Å². The van der Waals surface area contributed by atoms with Crippen molar-refractivity contribution in [1.82, 2.24) is 4.98 Å². The molecule has 4 aromatic rings. The van der Waals surface area contributed by atoms with Gasteiger partial charge >= 0.3 is 0 Å². The molecule has 2 heterocycles. The maximum atomic E-state index is 12.8. The highest BCUT2D eigenvalue weighted by Gasteiger charge is 2.36. The van der Waals surface area contributed by atoms with Crippen molar-refractivity contribution in [2.24, 2.45) is 0 Å². The minimum absolute atomic E-state index is 0.323. The quantitative estimate of drug-likeness (QED) is 0.469. The largest absolute Gasteiger partial charge is 0.321 e. The number of halogens is 1. The normalized spacial score (nSPS) is 12.9. The van der Waals surface area contributed by atoms with Gasteiger partial charge in [-0.3, -0.25) is 19.4 Å². The van der Waals surface area contributed by atoms with E-state index in [0.717, 1.165) is 10.3 Å². The number of benzene rings is 3. The molecule has 0 saturated heterocycles. The Morgan fingerprint density at radius 3 is 2.23 bits per heavy atom. The summed E-state index contributed by atoms with van der Waals surface area (Å²) >= 11 is 6.01. The second-order valence-electron chi connectivity index (χ2n) is 7.01. The smallest absolute Gasteiger partial charge is 0.266 e. The third kappa shape index (κ3) is 3.23. The molecule has 1 aliphatic heterocycles. The molecule has 1 aromatic heterocycles. The zero-order valence-corrected chi connectivity index (χ0v) is 16.8. The molecule has 1 aliphatic rings. The van der Waals surface area contributed by atoms with Crippen molar-refractivity contribution in [2.45, 2.75) is 0 Å². The van der Waals surface area contributed by atoms with Crippen LogP contribution in [0, 0.1) is 0 Å². The van der Waals surface area contributed by atoms with E-state index in [1.807, 2.05) is 0 Å². The molecule has 5 rings (SSSR count). The number of fused-ring (bicyclic) bond motifs is 2. The van der Waals surface area contributed by atoms with Crippen molar-refractivity contribution in [3.63, 3.8) is 0 Å². The number of nitrogens with one attached hydrogen (secondary N) is 1. The predicted molar refractivity (Wildman–Crippen MR) is 119 cm³/mol. The van der Waals surface area contributed by atoms with Crippen LogP contribution in [0.4, 0.5) is 11.4 Å². The Labute approximate surface area is 182 Å². The van der Waals surface area contributed by atoms with Crippen LogP contribution in [0.3, 0.4) is 0 Å². The molecule has 3 amide bonds. The highest BCUT2D eigenvalue weighted by molar-refractivity contribution is 6.34. The van der Waals surface area contributed by atoms with Crippen molar-refractivity contribution in [2.75, 3.05) is 10.2 Å². The monoisotopic (exact) mass is 427 g/mol. The van der Waals surface area contributed by atoms with Crippen LogP contribution >= 0.6 is 11.6 Å². The lowest BCUT2D eigenvalue weighted by Crippen LogP contribution is -2.29. The highest BCUT2D eigenvalue weighted by atomic mass is 35.5. The number of pyridine rings is 1. The molecular weight excluding hydrogens is 414 g/mol. The number of rotatable bonds is 3. The fourth-order valence-corrected chi connectivity index (χ4v) is 3.78. The predicted octanol–water partition coefficient (Wildman–Crippen LogP) is 4.94. The van der Waals surface area contributed by atoms with Gasteiger partial charge in [-0.15, -0.1) is 0 Å². The standard InChI is InChI=1S/C24H14ClN3O3/c25-15-7-10-19-20(11-12-26-21(19)13-15)27-22(29)14-5-8-16(9-6-14)28-23(30)17-3-1-2-4-18(17)24(28)31/h1-13H,(H,26,27,29). The van der Waals surface area contributed by atoms with E-state index in [0.29, 0.717) is 38.6 Å². The van der Waals surface area contributed by atoms with Gasteiger partial charge in [0.25, 0.3) is 17.7 Å². The second kappa shape index (κ2) is 7.34. The van der Waals surface area contributed by atoms with E-state index >= 15 is 0 Å². The number of carbonyl (C=O) groups excluding carboxylic acids is 3. The van der Waals surface area contributed by atoms with Crippen molar-refractivity contribution >= 4 is 51.6 Å². The van der Waals surface area contributed by atoms with E-state index in [1.54, 1.807) is 79.0 Å². The highest BCUT2D eigenvalue weighted by Crippen LogP contribution is 2.29. The first-order chi connectivity index (χ1) is 15.0. The maximum absolute atomic E-state index is 12.8. The van der Waals surface area contributed by atoms with E-state index in [1.165, 1.54) is 0 Å². The summed E-state index contributed by atoms with van der Waals surface area (Å²) in [5.74, 6) is -1.07. The summed E-state index contributed by atoms with van der Waals surface area (Å²) < 4.78 is 0. The van der Waals surface area contributed by atoms with Crippen LogP contribution in [0.5, 0.6) is 0 Å². The van der Waals surface area contributed by atoms with Gasteiger partial charge in [-0.25, -0.2) is 4.90 Å². The number of hydrogen-bond donors (Lipinski definition) is 1. The molecule has 6 nitrogen and oxygen atoms in total. The molecule has 0 aliphatic carbocycles. The van der Waals surface area contributed by atoms with Crippen LogP contribution in [-0.2, 0) is 0 Å². The minimum Gasteiger partial charge on any atom is -0.321 e. The van der Waals surface area contributed by atoms with E-state index < -0.39 is 0 Å². The van der Waals surface area contributed by atoms with Crippen LogP contribution in [0.2, 0.25) is 5.02 Å². The third-order valence-electron chi connectivity index (χ3n) is 5.13. The number of amides is 3. The molecule has 1 N–H and O–H groups in total. The van der Waals surface area contributed by atoms with Gasteiger partial charge in [0.2, 0.25) is 0 Å². The minimum atomic E-state index is -0.375. The Hall–Kier alpha value is -4.03. The summed E-state index contributed by atoms with van der Waals surface area (Å²) in [5.41, 5.74) is 2.83. The van der Waals surface area contributed by atoms with Gasteiger partial charge in [-0.05, 0) is 60.7 Å². The summed E-state index contributed by atoms with van der Waals surface area (Å²) in [5, 5.41) is 4.20. The third-order valence-corrected chi connectivity index (χ3v) is 5.37. The lowest BCUT2D eigenvalue weighted by Gasteiger charge is -2.14. The number of anilines is 2. The van der Waals surface area contributed by atoms with Gasteiger partial charge in [-0.2, -0.15) is 0 Å². The Balaban J connectivity index is 1.39. The molecule has 150 valence electrons. The van der Waals surface area contributed by atoms with Crippen LogP contribution < -0.4 is 10.2 Å². The Bertz CT molecular complexity index is 1350. The van der Waals surface area contributed by atoms with Crippen LogP contribution in [0.1, 0.15) is 31.1 Å². The van der Waals surface area contributed by atoms with Crippen molar-refractivity contribution in [3.8, 4) is 0 Å². The molecule has 0 saturated carbocycles. The summed E-state index contributed by atoms with van der Waals surface area (Å²) in [6.45, 7) is 0. The molecule has 0 radical (unpaired) electrons. The first-order valence-corrected chi connectivity index (χ1v) is 9.84. The Morgan fingerprint density at radius 1 is 0.871 bits per heavy atom. The first kappa shape index (κ1) is 19.0. The van der Waals surface area contributed by atoms with E-state index in [9.17, 15) is 14.4 Å². The van der Waals surface area contributed by atoms with Gasteiger partial charge in [0.1, 0.15) is 0 Å². The molecule has 0 atom stereocenters. The number of carbonyl (C=O) groups is 3. The van der Waals surface area contributed by atoms with Crippen LogP contribution in [0.25, 0.3) is 10.9 Å². The Kier molecular flexibility index (Phi) is 4.49. The zero-order chi connectivity index (χ0) is 21.5. The molecule has 31 heavy (non-hydrogen) atoms. The lowest BCUT2D eigenvalue weighted by atomic mass is 10.1. The van der Waals surface area contributed by atoms with Gasteiger partial charge in [-0.1, -0.05) is 23.7 Å². The van der Waals surface area contributed by atoms with Crippen molar-refractivity contribution in [3.05, 3.63) is 101 Å². The van der Waals surface area contributed by atoms with E-state index in [4.69, 9.17) is 11.6 Å². The number of hydrogen-bond acceptors (Lipinski definition) is 4. The van der Waals surface area contributed by atoms with Crippen LogP contribution in [-0.4, -0.2) is 22.7 Å². The topological polar surface area (TPSA) is 79.4 Å². The van der Waals surface area contributed by atoms with Gasteiger partial charge in [0.15, 0.2) is 0 Å². The van der Waals surface area contributed by atoms with Gasteiger partial charge in [0.05, 0.1) is 28.0 Å². The molecule has 0 bridgehead atoms. The van der Waals surface area contributed by atoms with E-state index in [-0.39, 0.29) is 17.7 Å². The molecule has 0 unspecified atom stereocenters. The molecule has 0 spiro atoms. The fourth-order valence-electron chi connectivity index (χ4n) is 3.61. The summed E-state index contributed by atoms with van der Waals surface area (Å²) in [7, 11) is 0. The molecular formula is C24H14ClN3O3. The summed E-state index contributed by atoms with van der Waals surface area (Å²) in [4.78, 5) is 43.4. The van der Waals surface area contributed by atoms with Gasteiger partial charge in [0, 0.05) is 22.2 Å². The average molecular weight is 428 g/mol. The zero-order valence-electron chi connectivity index (χ0n) is 16.0. The van der Waals surface area contributed by atoms with Crippen molar-refractivity contribution in [1.29, 1.82) is 0 Å². The maximum Gasteiger partial charge on any atom is 0.266 e. The van der Waals surface area contributed by atoms with E-state index in [2.05, 4.69) is 10.3 Å². The average Bonchev–Trinajstić information content (AvgIpc) is 3.04. The molecule has 7 heteroatoms. The number of aromatic nitrogens is 1. The fraction of sp³-hybridized carbons (Fsp3) is 0. The SMILES string of the molecule is O=C(Nc1ccnc2cc(Cl)ccc12)c1ccc(N2C(=O)c3ccccc3C2=O)cc1.